The summed E-state index contributed by atoms with van der Waals surface area (Å²) >= 11 is 0. The van der Waals surface area contributed by atoms with E-state index in [1.807, 2.05) is 6.92 Å². The van der Waals surface area contributed by atoms with Crippen LogP contribution >= 0.6 is 0 Å². The van der Waals surface area contributed by atoms with Gasteiger partial charge in [0, 0.05) is 12.7 Å². The number of carbonyl (C=O) groups is 1. The van der Waals surface area contributed by atoms with Crippen LogP contribution in [0.25, 0.3) is 5.76 Å². The van der Waals surface area contributed by atoms with E-state index in [-0.39, 0.29) is 0 Å². The molecule has 0 aliphatic rings. The Morgan fingerprint density at radius 3 is 2.94 bits per heavy atom. The van der Waals surface area contributed by atoms with Crippen molar-refractivity contribution < 1.29 is 14.4 Å². The normalized spacial score (nSPS) is 9.67. The van der Waals surface area contributed by atoms with Gasteiger partial charge < -0.3 is 9.57 Å². The topological polar surface area (TPSA) is 72.5 Å². The highest BCUT2D eigenvalue weighted by atomic mass is 16.6. The highest BCUT2D eigenvalue weighted by Crippen LogP contribution is 2.20. The number of nitrogens with one attached hydrogen (secondary N) is 2. The van der Waals surface area contributed by atoms with Crippen molar-refractivity contribution in [1.29, 1.82) is 0 Å². The smallest absolute Gasteiger partial charge is 0.412 e. The molecule has 6 heteroatoms. The summed E-state index contributed by atoms with van der Waals surface area (Å²) in [6.07, 6.45) is 1.000. The van der Waals surface area contributed by atoms with Crippen LogP contribution in [0.15, 0.2) is 24.9 Å². The lowest BCUT2D eigenvalue weighted by atomic mass is 10.2. The number of hydroxylamine groups is 1. The molecule has 0 aromatic carbocycles. The van der Waals surface area contributed by atoms with Crippen molar-refractivity contribution in [1.82, 2.24) is 10.5 Å². The van der Waals surface area contributed by atoms with Crippen molar-refractivity contribution in [3.8, 4) is 0 Å². The summed E-state index contributed by atoms with van der Waals surface area (Å²) in [5, 5.41) is 2.53. The Bertz CT molecular complexity index is 421. The lowest BCUT2D eigenvalue weighted by molar-refractivity contribution is 0.164. The molecular weight excluding hydrogens is 234 g/mol. The van der Waals surface area contributed by atoms with Gasteiger partial charge in [-0.3, -0.25) is 5.32 Å². The number of hydrogen-bond acceptors (Lipinski definition) is 5. The minimum absolute atomic E-state index is 0.294. The molecule has 0 aliphatic carbocycles. The molecule has 1 aromatic heterocycles. The van der Waals surface area contributed by atoms with Crippen molar-refractivity contribution in [2.24, 2.45) is 0 Å². The monoisotopic (exact) mass is 251 g/mol. The van der Waals surface area contributed by atoms with Crippen LogP contribution in [0.3, 0.4) is 0 Å². The van der Waals surface area contributed by atoms with Crippen molar-refractivity contribution in [2.45, 2.75) is 13.8 Å². The minimum atomic E-state index is -0.561. The quantitative estimate of drug-likeness (QED) is 0.598. The third-order valence-corrected chi connectivity index (χ3v) is 1.94. The Kier molecular flexibility index (Phi) is 5.66. The van der Waals surface area contributed by atoms with Crippen LogP contribution in [-0.2, 0) is 9.57 Å². The number of aromatic nitrogens is 1. The van der Waals surface area contributed by atoms with E-state index in [0.29, 0.717) is 30.3 Å². The Hall–Kier alpha value is -2.08. The molecule has 0 atom stereocenters. The van der Waals surface area contributed by atoms with Crippen LogP contribution in [0.4, 0.5) is 10.6 Å². The van der Waals surface area contributed by atoms with Gasteiger partial charge in [-0.25, -0.2) is 9.78 Å². The van der Waals surface area contributed by atoms with Crippen LogP contribution in [0.5, 0.6) is 0 Å². The zero-order valence-corrected chi connectivity index (χ0v) is 10.5. The van der Waals surface area contributed by atoms with Crippen molar-refractivity contribution in [2.75, 3.05) is 18.5 Å². The lowest BCUT2D eigenvalue weighted by Crippen LogP contribution is -2.17. The summed E-state index contributed by atoms with van der Waals surface area (Å²) in [4.78, 5) is 20.6. The van der Waals surface area contributed by atoms with E-state index in [9.17, 15) is 4.79 Å². The largest absolute Gasteiger partial charge is 0.450 e. The summed E-state index contributed by atoms with van der Waals surface area (Å²) in [6, 6.07) is 3.47. The molecule has 0 saturated heterocycles. The number of rotatable bonds is 6. The summed E-state index contributed by atoms with van der Waals surface area (Å²) in [5.74, 6) is 0.718. The second kappa shape index (κ2) is 7.29. The van der Waals surface area contributed by atoms with Gasteiger partial charge in [0.15, 0.2) is 5.76 Å². The van der Waals surface area contributed by atoms with Crippen molar-refractivity contribution >= 4 is 17.7 Å². The van der Waals surface area contributed by atoms with E-state index in [1.54, 1.807) is 25.3 Å². The van der Waals surface area contributed by atoms with Gasteiger partial charge in [-0.05, 0) is 26.0 Å². The SMILES string of the molecule is C=C(ONCC)c1cccnc1NC(=O)OCC. The first kappa shape index (κ1) is 14.0. The van der Waals surface area contributed by atoms with Crippen molar-refractivity contribution in [3.63, 3.8) is 0 Å². The first-order valence-electron chi connectivity index (χ1n) is 5.66. The van der Waals surface area contributed by atoms with Gasteiger partial charge >= 0.3 is 6.09 Å². The lowest BCUT2D eigenvalue weighted by Gasteiger charge is -2.12. The average molecular weight is 251 g/mol. The van der Waals surface area contributed by atoms with E-state index < -0.39 is 6.09 Å². The fourth-order valence-corrected chi connectivity index (χ4v) is 1.21. The Balaban J connectivity index is 2.79. The van der Waals surface area contributed by atoms with Gasteiger partial charge in [0.2, 0.25) is 0 Å². The Morgan fingerprint density at radius 2 is 2.28 bits per heavy atom. The average Bonchev–Trinajstić information content (AvgIpc) is 2.37. The van der Waals surface area contributed by atoms with E-state index in [4.69, 9.17) is 9.57 Å². The summed E-state index contributed by atoms with van der Waals surface area (Å²) in [5.41, 5.74) is 3.27. The van der Waals surface area contributed by atoms with Crippen LogP contribution in [0, 0.1) is 0 Å². The number of carbonyl (C=O) groups excluding carboxylic acids is 1. The van der Waals surface area contributed by atoms with E-state index in [1.165, 1.54) is 0 Å². The van der Waals surface area contributed by atoms with Crippen molar-refractivity contribution in [3.05, 3.63) is 30.5 Å². The fraction of sp³-hybridized carbons (Fsp3) is 0.333. The summed E-state index contributed by atoms with van der Waals surface area (Å²) in [7, 11) is 0. The van der Waals surface area contributed by atoms with Crippen LogP contribution < -0.4 is 10.8 Å². The maximum atomic E-state index is 11.3. The van der Waals surface area contributed by atoms with Crippen LogP contribution in [-0.4, -0.2) is 24.2 Å². The number of hydrogen-bond donors (Lipinski definition) is 2. The number of pyridine rings is 1. The standard InChI is InChI=1S/C12H17N3O3/c1-4-14-18-9(3)10-7-6-8-13-11(10)15-12(16)17-5-2/h6-8,14H,3-5H2,1-2H3,(H,13,15,16). The van der Waals surface area contributed by atoms with Gasteiger partial charge in [-0.1, -0.05) is 6.58 Å². The zero-order valence-electron chi connectivity index (χ0n) is 10.5. The molecule has 1 heterocycles. The molecule has 0 saturated carbocycles. The number of ether oxygens (including phenoxy) is 1. The molecule has 0 radical (unpaired) electrons. The van der Waals surface area contributed by atoms with Crippen LogP contribution in [0.1, 0.15) is 19.4 Å². The molecule has 2 N–H and O–H groups in total. The molecule has 0 bridgehead atoms. The molecule has 0 aliphatic heterocycles. The number of anilines is 1. The predicted octanol–water partition coefficient (Wildman–Crippen LogP) is 2.16. The maximum absolute atomic E-state index is 11.3. The fourth-order valence-electron chi connectivity index (χ4n) is 1.21. The van der Waals surface area contributed by atoms with Gasteiger partial charge in [0.1, 0.15) is 5.82 Å². The maximum Gasteiger partial charge on any atom is 0.412 e. The third kappa shape index (κ3) is 4.06. The number of amides is 1. The first-order chi connectivity index (χ1) is 8.69. The van der Waals surface area contributed by atoms with E-state index in [0.717, 1.165) is 0 Å². The molecular formula is C12H17N3O3. The van der Waals surface area contributed by atoms with E-state index >= 15 is 0 Å². The molecule has 0 fully saturated rings. The highest BCUT2D eigenvalue weighted by molar-refractivity contribution is 5.87. The zero-order chi connectivity index (χ0) is 13.4. The second-order valence-electron chi connectivity index (χ2n) is 3.27. The molecule has 0 spiro atoms. The Labute approximate surface area is 106 Å². The third-order valence-electron chi connectivity index (χ3n) is 1.94. The van der Waals surface area contributed by atoms with Gasteiger partial charge in [-0.15, -0.1) is 0 Å². The summed E-state index contributed by atoms with van der Waals surface area (Å²) < 4.78 is 4.79. The molecule has 18 heavy (non-hydrogen) atoms. The van der Waals surface area contributed by atoms with Gasteiger partial charge in [0.25, 0.3) is 0 Å². The first-order valence-corrected chi connectivity index (χ1v) is 5.66. The predicted molar refractivity (Wildman–Crippen MR) is 68.7 cm³/mol. The molecule has 1 aromatic rings. The second-order valence-corrected chi connectivity index (χ2v) is 3.27. The molecule has 0 unspecified atom stereocenters. The van der Waals surface area contributed by atoms with Crippen LogP contribution in [0.2, 0.25) is 0 Å². The highest BCUT2D eigenvalue weighted by Gasteiger charge is 2.11. The Morgan fingerprint density at radius 1 is 1.50 bits per heavy atom. The number of nitrogens with zero attached hydrogens (tertiary/aromatic N) is 1. The van der Waals surface area contributed by atoms with E-state index in [2.05, 4.69) is 22.4 Å². The molecule has 6 nitrogen and oxygen atoms in total. The summed E-state index contributed by atoms with van der Waals surface area (Å²) in [6.45, 7) is 8.32. The van der Waals surface area contributed by atoms with Gasteiger partial charge in [-0.2, -0.15) is 5.48 Å². The molecule has 1 rings (SSSR count). The molecule has 1 amide bonds. The van der Waals surface area contributed by atoms with Gasteiger partial charge in [0.05, 0.1) is 12.2 Å². The minimum Gasteiger partial charge on any atom is -0.450 e. The molecule has 98 valence electrons.